The number of carbonyl (C=O) groups excluding carboxylic acids is 2. The number of nitro benzene ring substituents is 1. The Bertz CT molecular complexity index is 1760. The number of benzene rings is 3. The molecule has 0 aliphatic rings. The van der Waals surface area contributed by atoms with Crippen molar-refractivity contribution in [2.24, 2.45) is 7.05 Å². The number of nitro groups is 1. The number of amides is 2. The van der Waals surface area contributed by atoms with E-state index in [0.29, 0.717) is 17.6 Å². The third kappa shape index (κ3) is 7.76. The van der Waals surface area contributed by atoms with Crippen LogP contribution in [0.3, 0.4) is 0 Å². The first-order valence-electron chi connectivity index (χ1n) is 13.8. The number of hydrogen-bond acceptors (Lipinski definition) is 7. The van der Waals surface area contributed by atoms with Gasteiger partial charge in [0.25, 0.3) is 11.6 Å². The number of imidazole rings is 1. The molecule has 3 aromatic carbocycles. The standard InChI is InChI=1S/C31H33F3N6O5/c1-30(2,3)45-29(42)39(13-12-37(4)5)27-15-20(10-11-25(27)40(43)44)28(41)36-21-9-7-8-19(14-21)22-16-24-26(38(6)18-35-24)17-23(22)31(32,33)34/h7-11,14-18H,12-13H2,1-6H3,(H,36,41). The second-order valence-electron chi connectivity index (χ2n) is 11.7. The lowest BCUT2D eigenvalue weighted by Gasteiger charge is -2.28. The molecule has 4 aromatic rings. The van der Waals surface area contributed by atoms with E-state index in [9.17, 15) is 32.9 Å². The molecule has 0 saturated carbocycles. The Balaban J connectivity index is 1.71. The summed E-state index contributed by atoms with van der Waals surface area (Å²) in [6.07, 6.45) is -4.06. The maximum Gasteiger partial charge on any atom is 0.417 e. The monoisotopic (exact) mass is 626 g/mol. The van der Waals surface area contributed by atoms with Crippen molar-refractivity contribution in [1.82, 2.24) is 14.5 Å². The Kier molecular flexibility index (Phi) is 9.19. The summed E-state index contributed by atoms with van der Waals surface area (Å²) in [5.74, 6) is -0.698. The molecule has 11 nitrogen and oxygen atoms in total. The van der Waals surface area contributed by atoms with E-state index in [-0.39, 0.29) is 34.6 Å². The van der Waals surface area contributed by atoms with Crippen molar-refractivity contribution >= 4 is 40.1 Å². The highest BCUT2D eigenvalue weighted by molar-refractivity contribution is 6.06. The number of aryl methyl sites for hydroxylation is 1. The molecule has 14 heteroatoms. The Morgan fingerprint density at radius 2 is 1.76 bits per heavy atom. The SMILES string of the molecule is CN(C)CCN(C(=O)OC(C)(C)C)c1cc(C(=O)Nc2cccc(-c3cc4ncn(C)c4cc3C(F)(F)F)c2)ccc1[N+](=O)[O-]. The molecule has 1 aromatic heterocycles. The highest BCUT2D eigenvalue weighted by Gasteiger charge is 2.35. The molecule has 0 atom stereocenters. The fraction of sp³-hybridized carbons (Fsp3) is 0.323. The Labute approximate surface area is 257 Å². The lowest BCUT2D eigenvalue weighted by Crippen LogP contribution is -2.40. The summed E-state index contributed by atoms with van der Waals surface area (Å²) >= 11 is 0. The van der Waals surface area contributed by atoms with Crippen LogP contribution in [0.1, 0.15) is 36.7 Å². The van der Waals surface area contributed by atoms with Gasteiger partial charge in [0.1, 0.15) is 11.3 Å². The zero-order valence-corrected chi connectivity index (χ0v) is 25.6. The van der Waals surface area contributed by atoms with E-state index in [4.69, 9.17) is 4.74 Å². The smallest absolute Gasteiger partial charge is 0.417 e. The zero-order valence-electron chi connectivity index (χ0n) is 25.6. The van der Waals surface area contributed by atoms with E-state index in [1.54, 1.807) is 46.8 Å². The number of anilines is 2. The van der Waals surface area contributed by atoms with Crippen LogP contribution in [0.5, 0.6) is 0 Å². The second-order valence-corrected chi connectivity index (χ2v) is 11.7. The third-order valence-corrected chi connectivity index (χ3v) is 6.71. The van der Waals surface area contributed by atoms with E-state index < -0.39 is 40.0 Å². The number of rotatable bonds is 8. The lowest BCUT2D eigenvalue weighted by atomic mass is 9.97. The molecule has 0 fully saturated rings. The van der Waals surface area contributed by atoms with E-state index in [2.05, 4.69) is 10.3 Å². The number of aromatic nitrogens is 2. The second kappa shape index (κ2) is 12.6. The van der Waals surface area contributed by atoms with Crippen LogP contribution in [-0.2, 0) is 18.0 Å². The molecule has 0 spiro atoms. The fourth-order valence-electron chi connectivity index (χ4n) is 4.58. The Morgan fingerprint density at radius 3 is 2.38 bits per heavy atom. The van der Waals surface area contributed by atoms with E-state index in [0.717, 1.165) is 17.0 Å². The summed E-state index contributed by atoms with van der Waals surface area (Å²) in [6, 6.07) is 11.8. The van der Waals surface area contributed by atoms with Crippen LogP contribution in [0.25, 0.3) is 22.2 Å². The van der Waals surface area contributed by atoms with Gasteiger partial charge in [-0.1, -0.05) is 12.1 Å². The summed E-state index contributed by atoms with van der Waals surface area (Å²) in [4.78, 5) is 44.8. The molecule has 4 rings (SSSR count). The first-order valence-corrected chi connectivity index (χ1v) is 13.8. The van der Waals surface area contributed by atoms with Gasteiger partial charge in [-0.25, -0.2) is 9.78 Å². The van der Waals surface area contributed by atoms with Crippen LogP contribution in [0.15, 0.2) is 60.9 Å². The molecular formula is C31H33F3N6O5. The maximum atomic E-state index is 14.1. The number of fused-ring (bicyclic) bond motifs is 1. The molecule has 1 heterocycles. The minimum absolute atomic E-state index is 0.0229. The zero-order chi connectivity index (χ0) is 33.3. The molecule has 0 radical (unpaired) electrons. The fourth-order valence-corrected chi connectivity index (χ4v) is 4.58. The molecule has 238 valence electrons. The van der Waals surface area contributed by atoms with E-state index in [1.807, 2.05) is 0 Å². The number of alkyl halides is 3. The van der Waals surface area contributed by atoms with Gasteiger partial charge in [-0.2, -0.15) is 13.2 Å². The minimum atomic E-state index is -4.66. The average molecular weight is 627 g/mol. The van der Waals surface area contributed by atoms with Crippen molar-refractivity contribution in [2.45, 2.75) is 32.5 Å². The number of nitrogens with one attached hydrogen (secondary N) is 1. The van der Waals surface area contributed by atoms with Crippen LogP contribution in [0.2, 0.25) is 0 Å². The first-order chi connectivity index (χ1) is 20.9. The molecular weight excluding hydrogens is 593 g/mol. The molecule has 0 aliphatic heterocycles. The predicted octanol–water partition coefficient (Wildman–Crippen LogP) is 6.72. The summed E-state index contributed by atoms with van der Waals surface area (Å²) in [6.45, 7) is 5.34. The van der Waals surface area contributed by atoms with Crippen LogP contribution < -0.4 is 10.2 Å². The topological polar surface area (TPSA) is 123 Å². The van der Waals surface area contributed by atoms with Gasteiger partial charge < -0.3 is 19.5 Å². The number of carbonyl (C=O) groups is 2. The summed E-state index contributed by atoms with van der Waals surface area (Å²) in [5, 5.41) is 14.6. The maximum absolute atomic E-state index is 14.1. The van der Waals surface area contributed by atoms with Gasteiger partial charge in [0, 0.05) is 37.5 Å². The Hall–Kier alpha value is -4.98. The molecule has 2 amide bonds. The van der Waals surface area contributed by atoms with Gasteiger partial charge in [-0.15, -0.1) is 0 Å². The van der Waals surface area contributed by atoms with Gasteiger partial charge >= 0.3 is 12.3 Å². The summed E-state index contributed by atoms with van der Waals surface area (Å²) < 4.78 is 49.2. The number of halogens is 3. The number of nitrogens with zero attached hydrogens (tertiary/aromatic N) is 5. The predicted molar refractivity (Wildman–Crippen MR) is 164 cm³/mol. The van der Waals surface area contributed by atoms with E-state index >= 15 is 0 Å². The first kappa shape index (κ1) is 32.9. The molecule has 0 saturated heterocycles. The van der Waals surface area contributed by atoms with Crippen LogP contribution in [0, 0.1) is 10.1 Å². The largest absolute Gasteiger partial charge is 0.443 e. The van der Waals surface area contributed by atoms with Gasteiger partial charge in [0.2, 0.25) is 0 Å². The lowest BCUT2D eigenvalue weighted by molar-refractivity contribution is -0.384. The molecule has 45 heavy (non-hydrogen) atoms. The molecule has 0 bridgehead atoms. The molecule has 1 N–H and O–H groups in total. The van der Waals surface area contributed by atoms with Crippen molar-refractivity contribution < 1.29 is 32.4 Å². The van der Waals surface area contributed by atoms with Crippen molar-refractivity contribution in [3.63, 3.8) is 0 Å². The van der Waals surface area contributed by atoms with Crippen molar-refractivity contribution in [3.8, 4) is 11.1 Å². The summed E-state index contributed by atoms with van der Waals surface area (Å²) in [5.41, 5.74) is -1.38. The number of ether oxygens (including phenoxy) is 1. The number of hydrogen-bond donors (Lipinski definition) is 1. The van der Waals surface area contributed by atoms with Gasteiger partial charge in [0.15, 0.2) is 0 Å². The Morgan fingerprint density at radius 1 is 1.04 bits per heavy atom. The van der Waals surface area contributed by atoms with Crippen molar-refractivity contribution in [2.75, 3.05) is 37.4 Å². The molecule has 0 unspecified atom stereocenters. The van der Waals surface area contributed by atoms with Crippen LogP contribution >= 0.6 is 0 Å². The normalized spacial score (nSPS) is 12.0. The van der Waals surface area contributed by atoms with Gasteiger partial charge in [-0.3, -0.25) is 19.8 Å². The van der Waals surface area contributed by atoms with Crippen LogP contribution in [-0.4, -0.2) is 64.2 Å². The highest BCUT2D eigenvalue weighted by Crippen LogP contribution is 2.40. The van der Waals surface area contributed by atoms with Crippen molar-refractivity contribution in [1.29, 1.82) is 0 Å². The van der Waals surface area contributed by atoms with Crippen molar-refractivity contribution in [3.05, 3.63) is 82.2 Å². The quantitative estimate of drug-likeness (QED) is 0.170. The highest BCUT2D eigenvalue weighted by atomic mass is 19.4. The van der Waals surface area contributed by atoms with Gasteiger partial charge in [-0.05, 0) is 82.4 Å². The molecule has 0 aliphatic carbocycles. The summed E-state index contributed by atoms with van der Waals surface area (Å²) in [7, 11) is 5.14. The van der Waals surface area contributed by atoms with Crippen LogP contribution in [0.4, 0.5) is 35.0 Å². The number of likely N-dealkylation sites (N-methyl/N-ethyl adjacent to an activating group) is 1. The minimum Gasteiger partial charge on any atom is -0.443 e. The average Bonchev–Trinajstić information content (AvgIpc) is 3.30. The van der Waals surface area contributed by atoms with Gasteiger partial charge in [0.05, 0.1) is 27.8 Å². The van der Waals surface area contributed by atoms with E-state index in [1.165, 1.54) is 53.4 Å². The third-order valence-electron chi connectivity index (χ3n) is 6.71.